The maximum Gasteiger partial charge on any atom is 0.244 e. The maximum absolute atomic E-state index is 13.5. The minimum Gasteiger partial charge on any atom is -0.494 e. The van der Waals surface area contributed by atoms with Gasteiger partial charge in [0, 0.05) is 13.1 Å². The summed E-state index contributed by atoms with van der Waals surface area (Å²) in [6.07, 6.45) is 2.02. The zero-order valence-corrected chi connectivity index (χ0v) is 21.2. The number of ether oxygens (including phenoxy) is 1. The van der Waals surface area contributed by atoms with Gasteiger partial charge in [-0.2, -0.15) is 0 Å². The quantitative estimate of drug-likeness (QED) is 0.467. The van der Waals surface area contributed by atoms with Crippen LogP contribution in [0.3, 0.4) is 0 Å². The molecule has 8 nitrogen and oxygen atoms in total. The lowest BCUT2D eigenvalue weighted by atomic mass is 10.1. The fourth-order valence-electron chi connectivity index (χ4n) is 3.68. The number of carbonyl (C=O) groups is 2. The molecule has 2 rings (SSSR count). The van der Waals surface area contributed by atoms with E-state index in [0.29, 0.717) is 44.0 Å². The lowest BCUT2D eigenvalue weighted by Crippen LogP contribution is -2.53. The van der Waals surface area contributed by atoms with E-state index in [1.54, 1.807) is 24.3 Å². The third kappa shape index (κ3) is 7.76. The number of benzene rings is 2. The van der Waals surface area contributed by atoms with E-state index >= 15 is 0 Å². The molecule has 0 heterocycles. The van der Waals surface area contributed by atoms with Crippen LogP contribution in [0.2, 0.25) is 0 Å². The SMILES string of the molecule is CCNC(=O)[C@H](CC)N(CCc1ccccc1)C(=O)CN(c1ccc(OCC)cc1)S(C)(=O)=O. The number of rotatable bonds is 13. The molecule has 0 unspecified atom stereocenters. The van der Waals surface area contributed by atoms with Crippen LogP contribution < -0.4 is 14.4 Å². The first kappa shape index (κ1) is 27.2. The Morgan fingerprint density at radius 1 is 1.00 bits per heavy atom. The van der Waals surface area contributed by atoms with Gasteiger partial charge in [-0.05, 0) is 56.5 Å². The van der Waals surface area contributed by atoms with Gasteiger partial charge >= 0.3 is 0 Å². The second-order valence-electron chi connectivity index (χ2n) is 7.84. The van der Waals surface area contributed by atoms with Crippen molar-refractivity contribution in [3.05, 3.63) is 60.2 Å². The first-order valence-electron chi connectivity index (χ1n) is 11.5. The molecule has 186 valence electrons. The maximum atomic E-state index is 13.5. The second-order valence-corrected chi connectivity index (χ2v) is 9.74. The average molecular weight is 490 g/mol. The summed E-state index contributed by atoms with van der Waals surface area (Å²) in [5.41, 5.74) is 1.38. The minimum atomic E-state index is -3.76. The number of carbonyl (C=O) groups excluding carboxylic acids is 2. The largest absolute Gasteiger partial charge is 0.494 e. The molecule has 0 radical (unpaired) electrons. The lowest BCUT2D eigenvalue weighted by Gasteiger charge is -2.32. The first-order chi connectivity index (χ1) is 16.2. The summed E-state index contributed by atoms with van der Waals surface area (Å²) < 4.78 is 31.7. The predicted octanol–water partition coefficient (Wildman–Crippen LogP) is 2.84. The van der Waals surface area contributed by atoms with Gasteiger partial charge in [-0.15, -0.1) is 0 Å². The van der Waals surface area contributed by atoms with Crippen molar-refractivity contribution in [2.45, 2.75) is 39.7 Å². The summed E-state index contributed by atoms with van der Waals surface area (Å²) in [6, 6.07) is 15.5. The van der Waals surface area contributed by atoms with Gasteiger partial charge in [0.15, 0.2) is 0 Å². The minimum absolute atomic E-state index is 0.251. The van der Waals surface area contributed by atoms with Gasteiger partial charge < -0.3 is 15.0 Å². The Kier molecular flexibility index (Phi) is 10.4. The first-order valence-corrected chi connectivity index (χ1v) is 13.4. The number of hydrogen-bond acceptors (Lipinski definition) is 5. The highest BCUT2D eigenvalue weighted by atomic mass is 32.2. The Morgan fingerprint density at radius 2 is 1.65 bits per heavy atom. The van der Waals surface area contributed by atoms with E-state index < -0.39 is 28.5 Å². The van der Waals surface area contributed by atoms with Crippen LogP contribution in [0.15, 0.2) is 54.6 Å². The Bertz CT molecular complexity index is 1030. The zero-order valence-electron chi connectivity index (χ0n) is 20.4. The molecule has 0 aromatic heterocycles. The fraction of sp³-hybridized carbons (Fsp3) is 0.440. The van der Waals surface area contributed by atoms with Gasteiger partial charge in [0.1, 0.15) is 18.3 Å². The molecule has 2 aromatic rings. The van der Waals surface area contributed by atoms with Crippen molar-refractivity contribution < 1.29 is 22.7 Å². The Morgan fingerprint density at radius 3 is 2.18 bits per heavy atom. The van der Waals surface area contributed by atoms with Crippen molar-refractivity contribution in [3.8, 4) is 5.75 Å². The number of sulfonamides is 1. The normalized spacial score (nSPS) is 12.0. The molecule has 0 spiro atoms. The molecular weight excluding hydrogens is 454 g/mol. The van der Waals surface area contributed by atoms with Crippen LogP contribution in [0, 0.1) is 0 Å². The molecular formula is C25H35N3O5S. The molecule has 1 atom stereocenters. The van der Waals surface area contributed by atoms with E-state index in [0.717, 1.165) is 16.1 Å². The van der Waals surface area contributed by atoms with Gasteiger partial charge in [-0.25, -0.2) is 8.42 Å². The summed E-state index contributed by atoms with van der Waals surface area (Å²) in [6.45, 7) is 6.33. The number of amides is 2. The topological polar surface area (TPSA) is 96.0 Å². The molecule has 34 heavy (non-hydrogen) atoms. The molecule has 0 saturated carbocycles. The van der Waals surface area contributed by atoms with E-state index in [-0.39, 0.29) is 5.91 Å². The smallest absolute Gasteiger partial charge is 0.244 e. The van der Waals surface area contributed by atoms with Crippen molar-refractivity contribution in [3.63, 3.8) is 0 Å². The van der Waals surface area contributed by atoms with Crippen LogP contribution in [-0.4, -0.2) is 63.7 Å². The van der Waals surface area contributed by atoms with Gasteiger partial charge in [0.05, 0.1) is 18.6 Å². The zero-order chi connectivity index (χ0) is 25.1. The van der Waals surface area contributed by atoms with Crippen LogP contribution >= 0.6 is 0 Å². The third-order valence-electron chi connectivity index (χ3n) is 5.34. The van der Waals surface area contributed by atoms with Crippen LogP contribution in [0.5, 0.6) is 5.75 Å². The number of hydrogen-bond donors (Lipinski definition) is 1. The molecule has 2 amide bonds. The van der Waals surface area contributed by atoms with Crippen molar-refractivity contribution in [1.29, 1.82) is 0 Å². The Hall–Kier alpha value is -3.07. The standard InChI is InChI=1S/C25H35N3O5S/c1-5-23(25(30)26-6-2)27(18-17-20-11-9-8-10-12-20)24(29)19-28(34(4,31)32)21-13-15-22(16-14-21)33-7-3/h8-16,23H,5-7,17-19H2,1-4H3,(H,26,30)/t23-/m0/s1. The highest BCUT2D eigenvalue weighted by Crippen LogP contribution is 2.22. The van der Waals surface area contributed by atoms with Crippen LogP contribution in [-0.2, 0) is 26.0 Å². The summed E-state index contributed by atoms with van der Waals surface area (Å²) in [5, 5.41) is 2.78. The van der Waals surface area contributed by atoms with Crippen LogP contribution in [0.1, 0.15) is 32.8 Å². The molecule has 2 aromatic carbocycles. The Labute approximate surface area is 202 Å². The number of nitrogens with zero attached hydrogens (tertiary/aromatic N) is 2. The van der Waals surface area contributed by atoms with Crippen molar-refractivity contribution in [2.24, 2.45) is 0 Å². The van der Waals surface area contributed by atoms with Crippen molar-refractivity contribution in [2.75, 3.05) is 36.8 Å². The molecule has 0 aliphatic heterocycles. The van der Waals surface area contributed by atoms with Gasteiger partial charge in [-0.3, -0.25) is 13.9 Å². The van der Waals surface area contributed by atoms with E-state index in [4.69, 9.17) is 4.74 Å². The highest BCUT2D eigenvalue weighted by molar-refractivity contribution is 7.92. The van der Waals surface area contributed by atoms with E-state index in [1.807, 2.05) is 51.1 Å². The third-order valence-corrected chi connectivity index (χ3v) is 6.48. The summed E-state index contributed by atoms with van der Waals surface area (Å²) in [5.74, 6) is -0.0791. The Balaban J connectivity index is 2.32. The number of likely N-dealkylation sites (N-methyl/N-ethyl adjacent to an activating group) is 1. The van der Waals surface area contributed by atoms with Crippen molar-refractivity contribution in [1.82, 2.24) is 10.2 Å². The van der Waals surface area contributed by atoms with Crippen molar-refractivity contribution >= 4 is 27.5 Å². The highest BCUT2D eigenvalue weighted by Gasteiger charge is 2.31. The van der Waals surface area contributed by atoms with E-state index in [9.17, 15) is 18.0 Å². The lowest BCUT2D eigenvalue weighted by molar-refractivity contribution is -0.139. The molecule has 1 N–H and O–H groups in total. The summed E-state index contributed by atoms with van der Waals surface area (Å²) in [7, 11) is -3.76. The van der Waals surface area contributed by atoms with Gasteiger partial charge in [0.25, 0.3) is 0 Å². The fourth-order valence-corrected chi connectivity index (χ4v) is 4.53. The summed E-state index contributed by atoms with van der Waals surface area (Å²) >= 11 is 0. The molecule has 0 fully saturated rings. The predicted molar refractivity (Wildman–Crippen MR) is 134 cm³/mol. The van der Waals surface area contributed by atoms with Gasteiger partial charge in [0.2, 0.25) is 21.8 Å². The van der Waals surface area contributed by atoms with E-state index in [2.05, 4.69) is 5.32 Å². The molecule has 0 bridgehead atoms. The monoisotopic (exact) mass is 489 g/mol. The molecule has 9 heteroatoms. The number of nitrogens with one attached hydrogen (secondary N) is 1. The van der Waals surface area contributed by atoms with Crippen LogP contribution in [0.4, 0.5) is 5.69 Å². The molecule has 0 aliphatic rings. The molecule has 0 saturated heterocycles. The second kappa shape index (κ2) is 13.0. The van der Waals surface area contributed by atoms with E-state index in [1.165, 1.54) is 4.90 Å². The number of anilines is 1. The summed E-state index contributed by atoms with van der Waals surface area (Å²) in [4.78, 5) is 27.7. The van der Waals surface area contributed by atoms with Crippen LogP contribution in [0.25, 0.3) is 0 Å². The molecule has 0 aliphatic carbocycles. The average Bonchev–Trinajstić information content (AvgIpc) is 2.81. The van der Waals surface area contributed by atoms with Gasteiger partial charge in [-0.1, -0.05) is 37.3 Å².